The molecular formula is C23H27N5O2S. The summed E-state index contributed by atoms with van der Waals surface area (Å²) in [5, 5.41) is 6.81. The fraction of sp³-hybridized carbons (Fsp3) is 0.391. The van der Waals surface area contributed by atoms with Crippen molar-refractivity contribution in [1.29, 1.82) is 0 Å². The third kappa shape index (κ3) is 3.99. The van der Waals surface area contributed by atoms with Crippen molar-refractivity contribution in [2.75, 3.05) is 30.4 Å². The summed E-state index contributed by atoms with van der Waals surface area (Å²) in [7, 11) is 1.60. The van der Waals surface area contributed by atoms with E-state index in [-0.39, 0.29) is 17.7 Å². The Balaban J connectivity index is 1.45. The molecule has 1 saturated heterocycles. The fourth-order valence-electron chi connectivity index (χ4n) is 4.14. The van der Waals surface area contributed by atoms with Gasteiger partial charge in [-0.1, -0.05) is 6.07 Å². The molecule has 2 amide bonds. The van der Waals surface area contributed by atoms with Crippen LogP contribution in [0.25, 0.3) is 10.2 Å². The fourth-order valence-corrected chi connectivity index (χ4v) is 5.14. The van der Waals surface area contributed by atoms with E-state index >= 15 is 0 Å². The number of rotatable bonds is 4. The Hall–Kier alpha value is -3.00. The van der Waals surface area contributed by atoms with Gasteiger partial charge in [-0.25, -0.2) is 9.97 Å². The van der Waals surface area contributed by atoms with Gasteiger partial charge in [0.05, 0.1) is 5.39 Å². The van der Waals surface area contributed by atoms with Crippen LogP contribution in [-0.4, -0.2) is 41.9 Å². The first kappa shape index (κ1) is 21.2. The summed E-state index contributed by atoms with van der Waals surface area (Å²) in [6.45, 7) is 7.64. The summed E-state index contributed by atoms with van der Waals surface area (Å²) in [6, 6.07) is 5.40. The largest absolute Gasteiger partial charge is 0.356 e. The minimum absolute atomic E-state index is 0.00667. The van der Waals surface area contributed by atoms with Gasteiger partial charge in [0.25, 0.3) is 5.91 Å². The van der Waals surface area contributed by atoms with Gasteiger partial charge in [-0.3, -0.25) is 9.59 Å². The van der Waals surface area contributed by atoms with Gasteiger partial charge >= 0.3 is 0 Å². The van der Waals surface area contributed by atoms with E-state index in [2.05, 4.69) is 39.3 Å². The maximum atomic E-state index is 12.9. The monoisotopic (exact) mass is 437 g/mol. The number of hydrogen-bond acceptors (Lipinski definition) is 6. The van der Waals surface area contributed by atoms with Gasteiger partial charge in [0.1, 0.15) is 17.0 Å². The topological polar surface area (TPSA) is 87.2 Å². The molecule has 162 valence electrons. The third-order valence-electron chi connectivity index (χ3n) is 6.17. The van der Waals surface area contributed by atoms with E-state index in [1.54, 1.807) is 36.8 Å². The normalized spacial score (nSPS) is 14.6. The predicted octanol–water partition coefficient (Wildman–Crippen LogP) is 3.83. The molecule has 0 bridgehead atoms. The van der Waals surface area contributed by atoms with Crippen molar-refractivity contribution in [3.05, 3.63) is 46.1 Å². The first-order chi connectivity index (χ1) is 14.9. The first-order valence-electron chi connectivity index (χ1n) is 10.5. The van der Waals surface area contributed by atoms with Gasteiger partial charge < -0.3 is 15.5 Å². The molecule has 4 rings (SSSR count). The molecule has 7 nitrogen and oxygen atoms in total. The highest BCUT2D eigenvalue weighted by molar-refractivity contribution is 7.18. The van der Waals surface area contributed by atoms with E-state index in [9.17, 15) is 9.59 Å². The lowest BCUT2D eigenvalue weighted by atomic mass is 9.95. The summed E-state index contributed by atoms with van der Waals surface area (Å²) in [6.07, 6.45) is 3.15. The molecule has 1 aliphatic heterocycles. The van der Waals surface area contributed by atoms with Crippen LogP contribution in [0.4, 0.5) is 11.5 Å². The molecule has 0 saturated carbocycles. The molecule has 1 aromatic carbocycles. The Morgan fingerprint density at radius 2 is 1.84 bits per heavy atom. The van der Waals surface area contributed by atoms with Gasteiger partial charge in [-0.15, -0.1) is 11.3 Å². The van der Waals surface area contributed by atoms with E-state index in [1.165, 1.54) is 10.4 Å². The molecule has 0 atom stereocenters. The molecule has 1 aliphatic rings. The Kier molecular flexibility index (Phi) is 5.91. The van der Waals surface area contributed by atoms with Crippen LogP contribution in [0.2, 0.25) is 0 Å². The molecule has 0 unspecified atom stereocenters. The number of fused-ring (bicyclic) bond motifs is 1. The second-order valence-corrected chi connectivity index (χ2v) is 9.17. The summed E-state index contributed by atoms with van der Waals surface area (Å²) in [5.41, 5.74) is 3.28. The predicted molar refractivity (Wildman–Crippen MR) is 125 cm³/mol. The van der Waals surface area contributed by atoms with Crippen LogP contribution in [0.5, 0.6) is 0 Å². The van der Waals surface area contributed by atoms with Crippen molar-refractivity contribution in [2.45, 2.75) is 33.6 Å². The average molecular weight is 438 g/mol. The number of aromatic nitrogens is 2. The van der Waals surface area contributed by atoms with Gasteiger partial charge in [-0.2, -0.15) is 0 Å². The Morgan fingerprint density at radius 3 is 2.55 bits per heavy atom. The number of hydrogen-bond donors (Lipinski definition) is 2. The number of benzene rings is 1. The average Bonchev–Trinajstić information content (AvgIpc) is 3.08. The second kappa shape index (κ2) is 8.63. The van der Waals surface area contributed by atoms with Crippen LogP contribution in [0.1, 0.15) is 39.2 Å². The summed E-state index contributed by atoms with van der Waals surface area (Å²) < 4.78 is 0. The van der Waals surface area contributed by atoms with E-state index in [0.717, 1.165) is 47.5 Å². The molecule has 8 heteroatoms. The van der Waals surface area contributed by atoms with Gasteiger partial charge in [0.2, 0.25) is 5.91 Å². The van der Waals surface area contributed by atoms with Crippen molar-refractivity contribution in [3.63, 3.8) is 0 Å². The van der Waals surface area contributed by atoms with E-state index in [0.29, 0.717) is 11.3 Å². The van der Waals surface area contributed by atoms with Crippen LogP contribution >= 0.6 is 11.3 Å². The lowest BCUT2D eigenvalue weighted by molar-refractivity contribution is -0.120. The van der Waals surface area contributed by atoms with Crippen LogP contribution < -0.4 is 15.5 Å². The first-order valence-corrected chi connectivity index (χ1v) is 11.3. The molecule has 0 aliphatic carbocycles. The Bertz CT molecular complexity index is 1150. The lowest BCUT2D eigenvalue weighted by Gasteiger charge is -2.32. The van der Waals surface area contributed by atoms with Gasteiger partial charge in [0, 0.05) is 42.2 Å². The number of carbonyl (C=O) groups excluding carboxylic acids is 2. The standard InChI is InChI=1S/C23H27N5O2S/c1-13-15(3)31-23-19(13)20(25-12-26-23)28-10-8-16(9-11-28)21(29)27-18-7-5-6-17(14(18)2)22(30)24-4/h5-7,12,16H,8-11H2,1-4H3,(H,24,30)(H,27,29). The minimum Gasteiger partial charge on any atom is -0.356 e. The van der Waals surface area contributed by atoms with Crippen molar-refractivity contribution in [1.82, 2.24) is 15.3 Å². The van der Waals surface area contributed by atoms with Crippen LogP contribution in [0.3, 0.4) is 0 Å². The van der Waals surface area contributed by atoms with Crippen molar-refractivity contribution in [2.24, 2.45) is 5.92 Å². The van der Waals surface area contributed by atoms with E-state index in [4.69, 9.17) is 0 Å². The zero-order valence-corrected chi connectivity index (χ0v) is 19.1. The molecular weight excluding hydrogens is 410 g/mol. The van der Waals surface area contributed by atoms with Crippen molar-refractivity contribution >= 4 is 44.9 Å². The maximum absolute atomic E-state index is 12.9. The van der Waals surface area contributed by atoms with E-state index in [1.807, 2.05) is 13.0 Å². The highest BCUT2D eigenvalue weighted by atomic mass is 32.1. The number of amides is 2. The Labute approximate surface area is 185 Å². The maximum Gasteiger partial charge on any atom is 0.251 e. The molecule has 0 spiro atoms. The molecule has 2 N–H and O–H groups in total. The van der Waals surface area contributed by atoms with Crippen molar-refractivity contribution < 1.29 is 9.59 Å². The van der Waals surface area contributed by atoms with E-state index < -0.39 is 0 Å². The molecule has 31 heavy (non-hydrogen) atoms. The zero-order chi connectivity index (χ0) is 22.1. The number of piperidine rings is 1. The summed E-state index contributed by atoms with van der Waals surface area (Å²) >= 11 is 1.70. The number of nitrogens with zero attached hydrogens (tertiary/aromatic N) is 3. The van der Waals surface area contributed by atoms with Crippen LogP contribution in [-0.2, 0) is 4.79 Å². The number of aryl methyl sites for hydroxylation is 2. The second-order valence-electron chi connectivity index (χ2n) is 7.97. The van der Waals surface area contributed by atoms with Crippen molar-refractivity contribution in [3.8, 4) is 0 Å². The highest BCUT2D eigenvalue weighted by Crippen LogP contribution is 2.35. The van der Waals surface area contributed by atoms with Crippen LogP contribution in [0, 0.1) is 26.7 Å². The Morgan fingerprint density at radius 1 is 1.10 bits per heavy atom. The molecule has 0 radical (unpaired) electrons. The molecule has 1 fully saturated rings. The summed E-state index contributed by atoms with van der Waals surface area (Å²) in [5.74, 6) is 0.756. The number of carbonyl (C=O) groups is 2. The van der Waals surface area contributed by atoms with Crippen LogP contribution in [0.15, 0.2) is 24.5 Å². The number of thiophene rings is 1. The zero-order valence-electron chi connectivity index (χ0n) is 18.3. The third-order valence-corrected chi connectivity index (χ3v) is 7.29. The highest BCUT2D eigenvalue weighted by Gasteiger charge is 2.28. The molecule has 3 aromatic rings. The van der Waals surface area contributed by atoms with Gasteiger partial charge in [-0.05, 0) is 56.9 Å². The number of anilines is 2. The smallest absolute Gasteiger partial charge is 0.251 e. The number of nitrogens with one attached hydrogen (secondary N) is 2. The molecule has 3 heterocycles. The molecule has 2 aromatic heterocycles. The van der Waals surface area contributed by atoms with Gasteiger partial charge in [0.15, 0.2) is 0 Å². The SMILES string of the molecule is CNC(=O)c1cccc(NC(=O)C2CCN(c3ncnc4sc(C)c(C)c34)CC2)c1C. The minimum atomic E-state index is -0.156. The quantitative estimate of drug-likeness (QED) is 0.648. The lowest BCUT2D eigenvalue weighted by Crippen LogP contribution is -2.38. The summed E-state index contributed by atoms with van der Waals surface area (Å²) in [4.78, 5) is 38.5.